The number of nitrogens with two attached hydrogens (primary N) is 1. The van der Waals surface area contributed by atoms with Crippen molar-refractivity contribution in [2.45, 2.75) is 6.04 Å². The zero-order valence-electron chi connectivity index (χ0n) is 10.7. The minimum atomic E-state index is 0.0879. The first kappa shape index (κ1) is 13.6. The van der Waals surface area contributed by atoms with Crippen LogP contribution in [-0.4, -0.2) is 19.2 Å². The van der Waals surface area contributed by atoms with E-state index in [9.17, 15) is 0 Å². The normalized spacial score (nSPS) is 17.1. The Balaban J connectivity index is 2.16. The summed E-state index contributed by atoms with van der Waals surface area (Å²) in [5.74, 6) is 0.733. The van der Waals surface area contributed by atoms with Crippen LogP contribution >= 0.6 is 23.2 Å². The van der Waals surface area contributed by atoms with E-state index in [0.717, 1.165) is 22.6 Å². The predicted molar refractivity (Wildman–Crippen MR) is 83.9 cm³/mol. The van der Waals surface area contributed by atoms with E-state index in [-0.39, 0.29) is 6.04 Å². The fourth-order valence-electron chi connectivity index (χ4n) is 2.30. The van der Waals surface area contributed by atoms with E-state index < -0.39 is 0 Å². The van der Waals surface area contributed by atoms with Gasteiger partial charge in [-0.2, -0.15) is 0 Å². The van der Waals surface area contributed by atoms with Crippen molar-refractivity contribution < 1.29 is 4.74 Å². The van der Waals surface area contributed by atoms with Gasteiger partial charge in [0.05, 0.1) is 11.7 Å². The molecule has 5 heteroatoms. The van der Waals surface area contributed by atoms with E-state index in [1.807, 2.05) is 30.3 Å². The van der Waals surface area contributed by atoms with Gasteiger partial charge in [-0.15, -0.1) is 0 Å². The molecule has 1 atom stereocenters. The van der Waals surface area contributed by atoms with Crippen LogP contribution in [0.5, 0.6) is 5.75 Å². The van der Waals surface area contributed by atoms with Gasteiger partial charge in [0.15, 0.2) is 0 Å². The van der Waals surface area contributed by atoms with Crippen molar-refractivity contribution >= 4 is 28.9 Å². The average molecular weight is 309 g/mol. The Kier molecular flexibility index (Phi) is 3.74. The molecule has 0 fully saturated rings. The van der Waals surface area contributed by atoms with E-state index in [2.05, 4.69) is 5.32 Å². The first-order valence-corrected chi connectivity index (χ1v) is 7.12. The van der Waals surface area contributed by atoms with Gasteiger partial charge in [0, 0.05) is 33.8 Å². The van der Waals surface area contributed by atoms with Crippen molar-refractivity contribution in [2.75, 3.05) is 18.5 Å². The number of rotatable bonds is 2. The lowest BCUT2D eigenvalue weighted by molar-refractivity contribution is 0.287. The number of hydrogen-bond donors (Lipinski definition) is 2. The molecule has 1 aliphatic heterocycles. The Morgan fingerprint density at radius 2 is 2.00 bits per heavy atom. The topological polar surface area (TPSA) is 47.3 Å². The molecule has 0 amide bonds. The molecule has 2 aromatic carbocycles. The van der Waals surface area contributed by atoms with Gasteiger partial charge in [0.25, 0.3) is 0 Å². The maximum Gasteiger partial charge on any atom is 0.144 e. The van der Waals surface area contributed by atoms with Gasteiger partial charge in [-0.05, 0) is 12.1 Å². The quantitative estimate of drug-likeness (QED) is 0.887. The van der Waals surface area contributed by atoms with Crippen molar-refractivity contribution in [3.8, 4) is 16.9 Å². The lowest BCUT2D eigenvalue weighted by Crippen LogP contribution is -2.37. The number of nitrogens with one attached hydrogen (secondary N) is 1. The van der Waals surface area contributed by atoms with Crippen LogP contribution in [-0.2, 0) is 0 Å². The molecule has 0 saturated carbocycles. The molecular weight excluding hydrogens is 295 g/mol. The van der Waals surface area contributed by atoms with Gasteiger partial charge >= 0.3 is 0 Å². The molecule has 0 saturated heterocycles. The van der Waals surface area contributed by atoms with Crippen molar-refractivity contribution in [1.29, 1.82) is 0 Å². The number of ether oxygens (including phenoxy) is 1. The van der Waals surface area contributed by atoms with E-state index in [1.165, 1.54) is 0 Å². The minimum Gasteiger partial charge on any atom is -0.489 e. The Hall–Kier alpha value is -1.42. The maximum absolute atomic E-state index is 6.29. The summed E-state index contributed by atoms with van der Waals surface area (Å²) in [6, 6.07) is 11.4. The first-order valence-electron chi connectivity index (χ1n) is 6.37. The molecule has 0 bridgehead atoms. The maximum atomic E-state index is 6.29. The molecule has 0 aliphatic carbocycles. The highest BCUT2D eigenvalue weighted by Crippen LogP contribution is 2.43. The molecule has 3 N–H and O–H groups in total. The van der Waals surface area contributed by atoms with Gasteiger partial charge in [-0.1, -0.05) is 41.4 Å². The Morgan fingerprint density at radius 1 is 1.20 bits per heavy atom. The van der Waals surface area contributed by atoms with Crippen molar-refractivity contribution in [1.82, 2.24) is 0 Å². The van der Waals surface area contributed by atoms with E-state index >= 15 is 0 Å². The number of anilines is 1. The first-order chi connectivity index (χ1) is 9.69. The standard InChI is InChI=1S/C15H14Cl2N2O/c16-9-5-12(11-3-1-2-4-13(11)17)15-14(6-9)20-8-10(7-18)19-15/h1-6,10,19H,7-8,18H2. The van der Waals surface area contributed by atoms with E-state index in [4.69, 9.17) is 33.7 Å². The molecule has 1 aliphatic rings. The SMILES string of the molecule is NCC1COc2cc(Cl)cc(-c3ccccc3Cl)c2N1. The van der Waals surface area contributed by atoms with Crippen LogP contribution in [0.25, 0.3) is 11.1 Å². The molecule has 0 spiro atoms. The van der Waals surface area contributed by atoms with Crippen LogP contribution in [0.15, 0.2) is 36.4 Å². The summed E-state index contributed by atoms with van der Waals surface area (Å²) in [6.07, 6.45) is 0. The van der Waals surface area contributed by atoms with Crippen molar-refractivity contribution in [3.63, 3.8) is 0 Å². The highest BCUT2D eigenvalue weighted by Gasteiger charge is 2.22. The molecule has 1 heterocycles. The van der Waals surface area contributed by atoms with Gasteiger partial charge in [0.1, 0.15) is 12.4 Å². The summed E-state index contributed by atoms with van der Waals surface area (Å²) >= 11 is 12.5. The summed E-state index contributed by atoms with van der Waals surface area (Å²) < 4.78 is 5.74. The summed E-state index contributed by atoms with van der Waals surface area (Å²) in [5, 5.41) is 4.69. The fraction of sp³-hybridized carbons (Fsp3) is 0.200. The third-order valence-corrected chi connectivity index (χ3v) is 3.85. The van der Waals surface area contributed by atoms with Crippen LogP contribution in [0, 0.1) is 0 Å². The Bertz CT molecular complexity index is 646. The van der Waals surface area contributed by atoms with Gasteiger partial charge < -0.3 is 15.8 Å². The molecule has 3 rings (SSSR count). The number of halogens is 2. The van der Waals surface area contributed by atoms with E-state index in [0.29, 0.717) is 23.2 Å². The molecule has 2 aromatic rings. The summed E-state index contributed by atoms with van der Waals surface area (Å²) in [4.78, 5) is 0. The second-order valence-corrected chi connectivity index (χ2v) is 5.54. The number of hydrogen-bond acceptors (Lipinski definition) is 3. The van der Waals surface area contributed by atoms with Crippen LogP contribution in [0.2, 0.25) is 10.0 Å². The molecule has 3 nitrogen and oxygen atoms in total. The lowest BCUT2D eigenvalue weighted by atomic mass is 10.0. The summed E-state index contributed by atoms with van der Waals surface area (Å²) in [5.41, 5.74) is 8.45. The molecule has 104 valence electrons. The largest absolute Gasteiger partial charge is 0.489 e. The van der Waals surface area contributed by atoms with Crippen LogP contribution in [0.1, 0.15) is 0 Å². The lowest BCUT2D eigenvalue weighted by Gasteiger charge is -2.29. The molecule has 20 heavy (non-hydrogen) atoms. The van der Waals surface area contributed by atoms with Crippen LogP contribution in [0.3, 0.4) is 0 Å². The number of benzene rings is 2. The third-order valence-electron chi connectivity index (χ3n) is 3.30. The zero-order chi connectivity index (χ0) is 14.1. The Labute approximate surface area is 127 Å². The molecule has 0 radical (unpaired) electrons. The minimum absolute atomic E-state index is 0.0879. The second-order valence-electron chi connectivity index (χ2n) is 4.69. The Morgan fingerprint density at radius 3 is 2.75 bits per heavy atom. The second kappa shape index (κ2) is 5.52. The van der Waals surface area contributed by atoms with Gasteiger partial charge in [-0.25, -0.2) is 0 Å². The van der Waals surface area contributed by atoms with Gasteiger partial charge in [-0.3, -0.25) is 0 Å². The van der Waals surface area contributed by atoms with Crippen LogP contribution in [0.4, 0.5) is 5.69 Å². The molecule has 0 aromatic heterocycles. The molecular formula is C15H14Cl2N2O. The monoisotopic (exact) mass is 308 g/mol. The highest BCUT2D eigenvalue weighted by molar-refractivity contribution is 6.34. The summed E-state index contributed by atoms with van der Waals surface area (Å²) in [6.45, 7) is 1.04. The molecule has 1 unspecified atom stereocenters. The van der Waals surface area contributed by atoms with Crippen molar-refractivity contribution in [3.05, 3.63) is 46.4 Å². The van der Waals surface area contributed by atoms with Crippen LogP contribution < -0.4 is 15.8 Å². The highest BCUT2D eigenvalue weighted by atomic mass is 35.5. The van der Waals surface area contributed by atoms with E-state index in [1.54, 1.807) is 6.07 Å². The predicted octanol–water partition coefficient (Wildman–Crippen LogP) is 3.79. The smallest absolute Gasteiger partial charge is 0.144 e. The van der Waals surface area contributed by atoms with Crippen molar-refractivity contribution in [2.24, 2.45) is 5.73 Å². The summed E-state index contributed by atoms with van der Waals surface area (Å²) in [7, 11) is 0. The third kappa shape index (κ3) is 2.44. The zero-order valence-corrected chi connectivity index (χ0v) is 12.2. The van der Waals surface area contributed by atoms with Gasteiger partial charge in [0.2, 0.25) is 0 Å². The average Bonchev–Trinajstić information content (AvgIpc) is 2.46. The number of fused-ring (bicyclic) bond motifs is 1. The fourth-order valence-corrected chi connectivity index (χ4v) is 2.75.